The first-order valence-corrected chi connectivity index (χ1v) is 10.2. The molecule has 0 N–H and O–H groups in total. The molecule has 0 fully saturated rings. The number of rotatable bonds is 4. The molecule has 0 saturated carbocycles. The summed E-state index contributed by atoms with van der Waals surface area (Å²) >= 11 is 0. The second-order valence-electron chi connectivity index (χ2n) is 7.79. The number of carbonyl (C=O) groups excluding carboxylic acids is 1. The molecule has 4 rings (SSSR count). The SMILES string of the molecule is COC(=O)c1cc(-c2ccc(-c3ccc(N(C)C)cc3)cc2)nc2ccc(C(F)(F)F)cc12. The number of anilines is 1. The summed E-state index contributed by atoms with van der Waals surface area (Å²) in [5.41, 5.74) is 3.82. The third-order valence-corrected chi connectivity index (χ3v) is 5.44. The number of hydrogen-bond acceptors (Lipinski definition) is 4. The number of nitrogens with zero attached hydrogens (tertiary/aromatic N) is 2. The third kappa shape index (κ3) is 4.53. The average Bonchev–Trinajstić information content (AvgIpc) is 2.82. The van der Waals surface area contributed by atoms with Crippen molar-refractivity contribution in [1.82, 2.24) is 4.98 Å². The highest BCUT2D eigenvalue weighted by Gasteiger charge is 2.31. The Morgan fingerprint density at radius 2 is 1.42 bits per heavy atom. The maximum absolute atomic E-state index is 13.2. The first-order chi connectivity index (χ1) is 15.7. The van der Waals surface area contributed by atoms with Crippen molar-refractivity contribution in [3.63, 3.8) is 0 Å². The molecule has 0 aliphatic heterocycles. The van der Waals surface area contributed by atoms with Crippen LogP contribution in [0.2, 0.25) is 0 Å². The maximum atomic E-state index is 13.2. The summed E-state index contributed by atoms with van der Waals surface area (Å²) in [5.74, 6) is -0.722. The summed E-state index contributed by atoms with van der Waals surface area (Å²) in [4.78, 5) is 18.9. The molecule has 168 valence electrons. The third-order valence-electron chi connectivity index (χ3n) is 5.44. The number of pyridine rings is 1. The summed E-state index contributed by atoms with van der Waals surface area (Å²) in [7, 11) is 5.15. The van der Waals surface area contributed by atoms with E-state index in [2.05, 4.69) is 4.98 Å². The highest BCUT2D eigenvalue weighted by molar-refractivity contribution is 6.04. The standard InChI is InChI=1S/C26H21F3N2O2/c1-31(2)20-11-8-17(9-12-20)16-4-6-18(7-5-16)24-15-22(25(32)33-3)21-14-19(26(27,28)29)10-13-23(21)30-24/h4-15H,1-3H3. The van der Waals surface area contributed by atoms with Gasteiger partial charge in [-0.3, -0.25) is 0 Å². The number of benzene rings is 3. The molecule has 4 nitrogen and oxygen atoms in total. The fourth-order valence-corrected chi connectivity index (χ4v) is 3.61. The van der Waals surface area contributed by atoms with Crippen molar-refractivity contribution in [2.45, 2.75) is 6.18 Å². The van der Waals surface area contributed by atoms with Gasteiger partial charge >= 0.3 is 12.1 Å². The first kappa shape index (κ1) is 22.3. The minimum Gasteiger partial charge on any atom is -0.465 e. The molecule has 1 aromatic heterocycles. The molecule has 0 atom stereocenters. The summed E-state index contributed by atoms with van der Waals surface area (Å²) in [6.07, 6.45) is -4.53. The Hall–Kier alpha value is -3.87. The average molecular weight is 450 g/mol. The largest absolute Gasteiger partial charge is 0.465 e. The van der Waals surface area contributed by atoms with Crippen molar-refractivity contribution in [3.8, 4) is 22.4 Å². The Morgan fingerprint density at radius 1 is 0.848 bits per heavy atom. The van der Waals surface area contributed by atoms with E-state index in [0.29, 0.717) is 5.69 Å². The van der Waals surface area contributed by atoms with E-state index in [0.717, 1.165) is 34.5 Å². The van der Waals surface area contributed by atoms with Crippen molar-refractivity contribution in [2.75, 3.05) is 26.1 Å². The van der Waals surface area contributed by atoms with Crippen LogP contribution in [0.3, 0.4) is 0 Å². The number of alkyl halides is 3. The number of esters is 1. The molecule has 0 radical (unpaired) electrons. The van der Waals surface area contributed by atoms with Crippen LogP contribution in [0.4, 0.5) is 18.9 Å². The fraction of sp³-hybridized carbons (Fsp3) is 0.154. The molecule has 0 bridgehead atoms. The molecule has 1 heterocycles. The molecule has 0 spiro atoms. The van der Waals surface area contributed by atoms with Crippen LogP contribution in [0, 0.1) is 0 Å². The number of methoxy groups -OCH3 is 1. The summed E-state index contributed by atoms with van der Waals surface area (Å²) in [6, 6.07) is 20.4. The lowest BCUT2D eigenvalue weighted by molar-refractivity contribution is -0.137. The molecule has 7 heteroatoms. The van der Waals surface area contributed by atoms with E-state index in [1.807, 2.05) is 67.5 Å². The zero-order valence-corrected chi connectivity index (χ0v) is 18.3. The van der Waals surface area contributed by atoms with Crippen molar-refractivity contribution >= 4 is 22.6 Å². The predicted molar refractivity (Wildman–Crippen MR) is 123 cm³/mol. The monoisotopic (exact) mass is 450 g/mol. The molecule has 33 heavy (non-hydrogen) atoms. The second kappa shape index (κ2) is 8.58. The predicted octanol–water partition coefficient (Wildman–Crippen LogP) is 6.44. The van der Waals surface area contributed by atoms with E-state index in [1.165, 1.54) is 19.2 Å². The van der Waals surface area contributed by atoms with E-state index in [-0.39, 0.29) is 16.5 Å². The van der Waals surface area contributed by atoms with Gasteiger partial charge in [0, 0.05) is 30.7 Å². The zero-order chi connectivity index (χ0) is 23.8. The van der Waals surface area contributed by atoms with Gasteiger partial charge in [-0.05, 0) is 47.5 Å². The van der Waals surface area contributed by atoms with E-state index in [1.54, 1.807) is 0 Å². The number of carbonyl (C=O) groups is 1. The number of aromatic nitrogens is 1. The zero-order valence-electron chi connectivity index (χ0n) is 18.3. The molecular weight excluding hydrogens is 429 g/mol. The lowest BCUT2D eigenvalue weighted by Crippen LogP contribution is -2.08. The molecule has 0 amide bonds. The van der Waals surface area contributed by atoms with Crippen LogP contribution in [-0.4, -0.2) is 32.2 Å². The highest BCUT2D eigenvalue weighted by atomic mass is 19.4. The van der Waals surface area contributed by atoms with E-state index >= 15 is 0 Å². The van der Waals surface area contributed by atoms with Crippen LogP contribution in [0.25, 0.3) is 33.3 Å². The normalized spacial score (nSPS) is 11.5. The minimum absolute atomic E-state index is 0.0342. The number of ether oxygens (including phenoxy) is 1. The first-order valence-electron chi connectivity index (χ1n) is 10.2. The Morgan fingerprint density at radius 3 is 1.97 bits per heavy atom. The van der Waals surface area contributed by atoms with Gasteiger partial charge in [0.25, 0.3) is 0 Å². The molecular formula is C26H21F3N2O2. The van der Waals surface area contributed by atoms with Crippen LogP contribution in [0.5, 0.6) is 0 Å². The van der Waals surface area contributed by atoms with Crippen molar-refractivity contribution < 1.29 is 22.7 Å². The van der Waals surface area contributed by atoms with Gasteiger partial charge in [-0.15, -0.1) is 0 Å². The smallest absolute Gasteiger partial charge is 0.416 e. The van der Waals surface area contributed by atoms with Gasteiger partial charge in [-0.2, -0.15) is 13.2 Å². The van der Waals surface area contributed by atoms with Gasteiger partial charge in [0.15, 0.2) is 0 Å². The topological polar surface area (TPSA) is 42.4 Å². The number of hydrogen-bond donors (Lipinski definition) is 0. The summed E-state index contributed by atoms with van der Waals surface area (Å²) < 4.78 is 44.3. The van der Waals surface area contributed by atoms with Gasteiger partial charge in [0.05, 0.1) is 29.4 Å². The lowest BCUT2D eigenvalue weighted by atomic mass is 9.99. The van der Waals surface area contributed by atoms with Crippen LogP contribution in [0.1, 0.15) is 15.9 Å². The van der Waals surface area contributed by atoms with Gasteiger partial charge in [-0.25, -0.2) is 9.78 Å². The lowest BCUT2D eigenvalue weighted by Gasteiger charge is -2.13. The molecule has 3 aromatic carbocycles. The highest BCUT2D eigenvalue weighted by Crippen LogP contribution is 2.34. The van der Waals surface area contributed by atoms with Crippen LogP contribution in [-0.2, 0) is 10.9 Å². The Kier molecular flexibility index (Phi) is 5.80. The van der Waals surface area contributed by atoms with Gasteiger partial charge in [0.2, 0.25) is 0 Å². The molecule has 0 saturated heterocycles. The van der Waals surface area contributed by atoms with E-state index in [4.69, 9.17) is 4.74 Å². The summed E-state index contributed by atoms with van der Waals surface area (Å²) in [6.45, 7) is 0. The van der Waals surface area contributed by atoms with Crippen LogP contribution in [0.15, 0.2) is 72.8 Å². The van der Waals surface area contributed by atoms with E-state index in [9.17, 15) is 18.0 Å². The minimum atomic E-state index is -4.53. The Balaban J connectivity index is 1.75. The van der Waals surface area contributed by atoms with Crippen LogP contribution >= 0.6 is 0 Å². The maximum Gasteiger partial charge on any atom is 0.416 e. The molecule has 0 aliphatic rings. The Labute approximate surface area is 189 Å². The second-order valence-corrected chi connectivity index (χ2v) is 7.79. The van der Waals surface area contributed by atoms with Crippen molar-refractivity contribution in [3.05, 3.63) is 83.9 Å². The fourth-order valence-electron chi connectivity index (χ4n) is 3.61. The summed E-state index contributed by atoms with van der Waals surface area (Å²) in [5, 5.41) is 0.0954. The number of halogens is 3. The van der Waals surface area contributed by atoms with Crippen LogP contribution < -0.4 is 4.90 Å². The van der Waals surface area contributed by atoms with Gasteiger partial charge in [-0.1, -0.05) is 36.4 Å². The van der Waals surface area contributed by atoms with E-state index < -0.39 is 17.7 Å². The Bertz CT molecular complexity index is 1310. The number of fused-ring (bicyclic) bond motifs is 1. The van der Waals surface area contributed by atoms with Crippen molar-refractivity contribution in [1.29, 1.82) is 0 Å². The quantitative estimate of drug-likeness (QED) is 0.336. The molecule has 4 aromatic rings. The van der Waals surface area contributed by atoms with Crippen molar-refractivity contribution in [2.24, 2.45) is 0 Å². The molecule has 0 unspecified atom stereocenters. The molecule has 0 aliphatic carbocycles. The van der Waals surface area contributed by atoms with Gasteiger partial charge in [0.1, 0.15) is 0 Å². The van der Waals surface area contributed by atoms with Gasteiger partial charge < -0.3 is 9.64 Å².